The van der Waals surface area contributed by atoms with Crippen LogP contribution in [-0.2, 0) is 4.79 Å². The number of nitrogens with zero attached hydrogens (tertiary/aromatic N) is 3. The molecule has 0 saturated carbocycles. The molecule has 2 heterocycles. The molecule has 1 aromatic heterocycles. The Morgan fingerprint density at radius 3 is 2.79 bits per heavy atom. The monoisotopic (exact) mass is 361 g/mol. The van der Waals surface area contributed by atoms with Crippen molar-refractivity contribution in [1.82, 2.24) is 9.97 Å². The van der Waals surface area contributed by atoms with Crippen molar-refractivity contribution in [3.05, 3.63) is 30.3 Å². The highest BCUT2D eigenvalue weighted by molar-refractivity contribution is 8.00. The van der Waals surface area contributed by atoms with Gasteiger partial charge in [-0.05, 0) is 18.6 Å². The molecule has 0 aliphatic carbocycles. The summed E-state index contributed by atoms with van der Waals surface area (Å²) in [5.41, 5.74) is 12.3. The largest absolute Gasteiger partial charge is 0.383 e. The minimum Gasteiger partial charge on any atom is -0.383 e. The van der Waals surface area contributed by atoms with Crippen LogP contribution in [0, 0.1) is 0 Å². The second-order valence-corrected chi connectivity index (χ2v) is 7.94. The van der Waals surface area contributed by atoms with Gasteiger partial charge in [-0.15, -0.1) is 11.8 Å². The van der Waals surface area contributed by atoms with Gasteiger partial charge >= 0.3 is 0 Å². The Morgan fingerprint density at radius 1 is 1.33 bits per heavy atom. The molecule has 1 amide bonds. The number of fused-ring (bicyclic) bond motifs is 1. The maximum absolute atomic E-state index is 12.7. The predicted molar refractivity (Wildman–Crippen MR) is 100 cm³/mol. The number of rotatable bonds is 3. The topological polar surface area (TPSA) is 98.1 Å². The molecule has 0 saturated heterocycles. The maximum atomic E-state index is 12.7. The number of carbonyl (C=O) groups is 1. The summed E-state index contributed by atoms with van der Waals surface area (Å²) in [5.74, 6) is 0.897. The van der Waals surface area contributed by atoms with Gasteiger partial charge in [-0.25, -0.2) is 9.97 Å². The smallest absolute Gasteiger partial charge is 0.237 e. The van der Waals surface area contributed by atoms with Crippen molar-refractivity contribution in [3.63, 3.8) is 0 Å². The molecule has 6 nitrogen and oxygen atoms in total. The lowest BCUT2D eigenvalue weighted by molar-refractivity contribution is -0.116. The third kappa shape index (κ3) is 3.93. The molecule has 0 bridgehead atoms. The van der Waals surface area contributed by atoms with Crippen molar-refractivity contribution in [2.45, 2.75) is 28.6 Å². The number of anilines is 3. The minimum absolute atomic E-state index is 0.0340. The number of hydrogen-bond donors (Lipinski definition) is 2. The van der Waals surface area contributed by atoms with E-state index in [1.165, 1.54) is 17.8 Å². The summed E-state index contributed by atoms with van der Waals surface area (Å²) in [6.45, 7) is 2.90. The van der Waals surface area contributed by atoms with Crippen molar-refractivity contribution in [1.29, 1.82) is 0 Å². The Morgan fingerprint density at radius 2 is 2.04 bits per heavy atom. The highest BCUT2D eigenvalue weighted by atomic mass is 32.2. The van der Waals surface area contributed by atoms with E-state index in [1.807, 2.05) is 34.9 Å². The van der Waals surface area contributed by atoms with E-state index in [0.29, 0.717) is 28.6 Å². The summed E-state index contributed by atoms with van der Waals surface area (Å²) in [5, 5.41) is 0.903. The van der Waals surface area contributed by atoms with Crippen molar-refractivity contribution in [3.8, 4) is 0 Å². The number of nitrogen functional groups attached to an aromatic ring is 2. The Kier molecular flexibility index (Phi) is 5.15. The quantitative estimate of drug-likeness (QED) is 0.640. The predicted octanol–water partition coefficient (Wildman–Crippen LogP) is 2.65. The fourth-order valence-corrected chi connectivity index (χ4v) is 4.34. The lowest BCUT2D eigenvalue weighted by atomic mass is 10.2. The first-order valence-electron chi connectivity index (χ1n) is 7.62. The molecular formula is C16H19N5OS2. The van der Waals surface area contributed by atoms with E-state index in [4.69, 9.17) is 11.5 Å². The number of thioether (sulfide) groups is 2. The molecule has 1 aliphatic rings. The van der Waals surface area contributed by atoms with Crippen LogP contribution in [-0.4, -0.2) is 33.4 Å². The van der Waals surface area contributed by atoms with Gasteiger partial charge in [0.2, 0.25) is 5.91 Å². The van der Waals surface area contributed by atoms with Gasteiger partial charge in [-0.1, -0.05) is 30.8 Å². The van der Waals surface area contributed by atoms with E-state index in [2.05, 4.69) is 23.0 Å². The Balaban J connectivity index is 1.75. The maximum Gasteiger partial charge on any atom is 0.237 e. The summed E-state index contributed by atoms with van der Waals surface area (Å²) in [6, 6.07) is 9.53. The fraction of sp³-hybridized carbons (Fsp3) is 0.312. The molecule has 126 valence electrons. The highest BCUT2D eigenvalue weighted by Crippen LogP contribution is 2.37. The number of para-hydroxylation sites is 1. The van der Waals surface area contributed by atoms with E-state index >= 15 is 0 Å². The SMILES string of the molecule is C[C@H]1CCN(C(=O)CSc2nc(N)cc(N)n2)c2ccccc2S1. The zero-order valence-electron chi connectivity index (χ0n) is 13.3. The van der Waals surface area contributed by atoms with E-state index < -0.39 is 0 Å². The number of amides is 1. The van der Waals surface area contributed by atoms with Crippen LogP contribution in [0.2, 0.25) is 0 Å². The number of hydrogen-bond acceptors (Lipinski definition) is 7. The Hall–Kier alpha value is -1.93. The molecule has 0 unspecified atom stereocenters. The number of benzene rings is 1. The molecule has 8 heteroatoms. The Labute approximate surface area is 149 Å². The van der Waals surface area contributed by atoms with Crippen LogP contribution >= 0.6 is 23.5 Å². The van der Waals surface area contributed by atoms with Crippen molar-refractivity contribution in [2.75, 3.05) is 28.7 Å². The fourth-order valence-electron chi connectivity index (χ4n) is 2.48. The molecule has 1 atom stereocenters. The number of aromatic nitrogens is 2. The highest BCUT2D eigenvalue weighted by Gasteiger charge is 2.24. The summed E-state index contributed by atoms with van der Waals surface area (Å²) in [7, 11) is 0. The molecule has 2 aromatic rings. The molecule has 4 N–H and O–H groups in total. The second-order valence-electron chi connectivity index (χ2n) is 5.52. The second kappa shape index (κ2) is 7.31. The van der Waals surface area contributed by atoms with E-state index in [-0.39, 0.29) is 11.7 Å². The van der Waals surface area contributed by atoms with Crippen molar-refractivity contribution >= 4 is 46.8 Å². The summed E-state index contributed by atoms with van der Waals surface area (Å²) < 4.78 is 0. The van der Waals surface area contributed by atoms with Crippen LogP contribution < -0.4 is 16.4 Å². The van der Waals surface area contributed by atoms with Crippen LogP contribution in [0.1, 0.15) is 13.3 Å². The first-order chi connectivity index (χ1) is 11.5. The van der Waals surface area contributed by atoms with Gasteiger partial charge in [0.1, 0.15) is 11.6 Å². The molecule has 0 fully saturated rings. The molecule has 0 radical (unpaired) electrons. The van der Waals surface area contributed by atoms with E-state index in [9.17, 15) is 4.79 Å². The van der Waals surface area contributed by atoms with Crippen molar-refractivity contribution in [2.24, 2.45) is 0 Å². The van der Waals surface area contributed by atoms with Gasteiger partial charge < -0.3 is 16.4 Å². The van der Waals surface area contributed by atoms with Gasteiger partial charge in [0, 0.05) is 22.8 Å². The standard InChI is InChI=1S/C16H19N5OS2/c1-10-6-7-21(11-4-2-3-5-12(11)24-10)15(22)9-23-16-19-13(17)8-14(18)20-16/h2-5,8,10H,6-7,9H2,1H3,(H4,17,18,19,20)/t10-/m0/s1. The van der Waals surface area contributed by atoms with Gasteiger partial charge in [0.05, 0.1) is 11.4 Å². The molecular weight excluding hydrogens is 342 g/mol. The van der Waals surface area contributed by atoms with Gasteiger partial charge in [-0.2, -0.15) is 0 Å². The molecule has 1 aromatic carbocycles. The molecule has 3 rings (SSSR count). The zero-order valence-corrected chi connectivity index (χ0v) is 14.9. The third-order valence-electron chi connectivity index (χ3n) is 3.61. The van der Waals surface area contributed by atoms with Gasteiger partial charge in [-0.3, -0.25) is 4.79 Å². The van der Waals surface area contributed by atoms with Gasteiger partial charge in [0.15, 0.2) is 5.16 Å². The molecule has 1 aliphatic heterocycles. The summed E-state index contributed by atoms with van der Waals surface area (Å²) in [4.78, 5) is 23.9. The van der Waals surface area contributed by atoms with E-state index in [0.717, 1.165) is 17.0 Å². The normalized spacial score (nSPS) is 17.2. The van der Waals surface area contributed by atoms with Crippen LogP contribution in [0.5, 0.6) is 0 Å². The lowest BCUT2D eigenvalue weighted by Gasteiger charge is -2.22. The van der Waals surface area contributed by atoms with Crippen LogP contribution in [0.15, 0.2) is 40.4 Å². The minimum atomic E-state index is 0.0340. The third-order valence-corrected chi connectivity index (χ3v) is 5.68. The van der Waals surface area contributed by atoms with Crippen molar-refractivity contribution < 1.29 is 4.79 Å². The Bertz CT molecular complexity index is 735. The zero-order chi connectivity index (χ0) is 17.1. The number of carbonyl (C=O) groups excluding carboxylic acids is 1. The van der Waals surface area contributed by atoms with E-state index in [1.54, 1.807) is 0 Å². The van der Waals surface area contributed by atoms with Crippen LogP contribution in [0.4, 0.5) is 17.3 Å². The first-order valence-corrected chi connectivity index (χ1v) is 9.48. The summed E-state index contributed by atoms with van der Waals surface area (Å²) in [6.07, 6.45) is 0.956. The van der Waals surface area contributed by atoms with Gasteiger partial charge in [0.25, 0.3) is 0 Å². The summed E-state index contributed by atoms with van der Waals surface area (Å²) >= 11 is 3.07. The lowest BCUT2D eigenvalue weighted by Crippen LogP contribution is -2.33. The molecule has 0 spiro atoms. The molecule has 24 heavy (non-hydrogen) atoms. The van der Waals surface area contributed by atoms with Crippen LogP contribution in [0.3, 0.4) is 0 Å². The van der Waals surface area contributed by atoms with Crippen LogP contribution in [0.25, 0.3) is 0 Å². The average molecular weight is 361 g/mol. The number of nitrogens with two attached hydrogens (primary N) is 2. The first kappa shape index (κ1) is 16.9. The average Bonchev–Trinajstić information content (AvgIpc) is 2.70.